The quantitative estimate of drug-likeness (QED) is 0.795. The molecule has 2 rings (SSSR count). The van der Waals surface area contributed by atoms with Crippen LogP contribution >= 0.6 is 27.5 Å². The number of rotatable bonds is 4. The van der Waals surface area contributed by atoms with Gasteiger partial charge in [0.15, 0.2) is 0 Å². The zero-order chi connectivity index (χ0) is 14.7. The van der Waals surface area contributed by atoms with Crippen LogP contribution in [0.1, 0.15) is 25.1 Å². The lowest BCUT2D eigenvalue weighted by Crippen LogP contribution is -2.10. The first-order chi connectivity index (χ1) is 9.51. The van der Waals surface area contributed by atoms with Gasteiger partial charge in [-0.1, -0.05) is 18.5 Å². The highest BCUT2D eigenvalue weighted by Gasteiger charge is 2.10. The lowest BCUT2D eigenvalue weighted by atomic mass is 10.1. The van der Waals surface area contributed by atoms with Crippen LogP contribution in [0.4, 0.5) is 4.39 Å². The van der Waals surface area contributed by atoms with Gasteiger partial charge in [-0.2, -0.15) is 0 Å². The summed E-state index contributed by atoms with van der Waals surface area (Å²) < 4.78 is 19.5. The molecule has 0 aliphatic rings. The van der Waals surface area contributed by atoms with Gasteiger partial charge in [-0.05, 0) is 40.5 Å². The number of aromatic nitrogens is 1. The van der Waals surface area contributed by atoms with E-state index in [-0.39, 0.29) is 11.1 Å². The molecule has 0 saturated carbocycles. The van der Waals surface area contributed by atoms with Crippen molar-refractivity contribution in [3.05, 3.63) is 51.5 Å². The molecule has 0 amide bonds. The molecule has 0 spiro atoms. The minimum Gasteiger partial charge on any atom is -0.454 e. The van der Waals surface area contributed by atoms with Crippen LogP contribution in [0.25, 0.3) is 0 Å². The molecule has 0 radical (unpaired) electrons. The predicted octanol–water partition coefficient (Wildman–Crippen LogP) is 4.84. The maximum atomic E-state index is 13.4. The van der Waals surface area contributed by atoms with Crippen LogP contribution in [0, 0.1) is 5.82 Å². The van der Waals surface area contributed by atoms with Gasteiger partial charge < -0.3 is 10.5 Å². The summed E-state index contributed by atoms with van der Waals surface area (Å²) in [7, 11) is 0. The average Bonchev–Trinajstić information content (AvgIpc) is 2.44. The normalized spacial score (nSPS) is 12.2. The highest BCUT2D eigenvalue weighted by molar-refractivity contribution is 9.10. The predicted molar refractivity (Wildman–Crippen MR) is 80.6 cm³/mol. The maximum Gasteiger partial charge on any atom is 0.145 e. The Morgan fingerprint density at radius 1 is 1.45 bits per heavy atom. The first kappa shape index (κ1) is 15.2. The molecule has 1 heterocycles. The van der Waals surface area contributed by atoms with Gasteiger partial charge in [0.1, 0.15) is 17.3 Å². The average molecular weight is 360 g/mol. The van der Waals surface area contributed by atoms with E-state index in [1.807, 2.05) is 6.92 Å². The van der Waals surface area contributed by atoms with E-state index in [0.29, 0.717) is 16.0 Å². The highest BCUT2D eigenvalue weighted by atomic mass is 79.9. The van der Waals surface area contributed by atoms with Crippen molar-refractivity contribution in [1.82, 2.24) is 4.98 Å². The fraction of sp³-hybridized carbons (Fsp3) is 0.214. The monoisotopic (exact) mass is 358 g/mol. The number of nitrogens with two attached hydrogens (primary N) is 1. The van der Waals surface area contributed by atoms with Crippen LogP contribution < -0.4 is 10.5 Å². The fourth-order valence-corrected chi connectivity index (χ4v) is 2.31. The molecule has 20 heavy (non-hydrogen) atoms. The van der Waals surface area contributed by atoms with Crippen molar-refractivity contribution in [2.24, 2.45) is 5.73 Å². The van der Waals surface area contributed by atoms with E-state index in [1.165, 1.54) is 12.1 Å². The summed E-state index contributed by atoms with van der Waals surface area (Å²) in [5.74, 6) is 0.295. The molecule has 6 heteroatoms. The van der Waals surface area contributed by atoms with E-state index in [2.05, 4.69) is 20.9 Å². The second-order valence-corrected chi connectivity index (χ2v) is 5.49. The molecule has 0 saturated heterocycles. The van der Waals surface area contributed by atoms with Gasteiger partial charge in [-0.3, -0.25) is 4.98 Å². The van der Waals surface area contributed by atoms with Crippen molar-refractivity contribution in [3.63, 3.8) is 0 Å². The third-order valence-corrected chi connectivity index (χ3v) is 3.69. The first-order valence-electron chi connectivity index (χ1n) is 6.05. The van der Waals surface area contributed by atoms with Gasteiger partial charge >= 0.3 is 0 Å². The number of benzene rings is 1. The number of halogens is 3. The smallest absolute Gasteiger partial charge is 0.145 e. The van der Waals surface area contributed by atoms with Gasteiger partial charge in [0, 0.05) is 12.1 Å². The van der Waals surface area contributed by atoms with E-state index in [9.17, 15) is 4.39 Å². The first-order valence-corrected chi connectivity index (χ1v) is 7.22. The van der Waals surface area contributed by atoms with Gasteiger partial charge in [0.25, 0.3) is 0 Å². The molecular formula is C14H13BrClFN2O. The van der Waals surface area contributed by atoms with Gasteiger partial charge in [0.05, 0.1) is 21.4 Å². The molecule has 3 nitrogen and oxygen atoms in total. The summed E-state index contributed by atoms with van der Waals surface area (Å²) >= 11 is 8.94. The molecule has 2 aromatic rings. The Balaban J connectivity index is 2.20. The van der Waals surface area contributed by atoms with Crippen LogP contribution in [0.3, 0.4) is 0 Å². The minimum atomic E-state index is -0.539. The molecule has 0 fully saturated rings. The molecule has 1 aromatic carbocycles. The Kier molecular flexibility index (Phi) is 4.96. The van der Waals surface area contributed by atoms with Crippen molar-refractivity contribution in [3.8, 4) is 11.5 Å². The molecule has 106 valence electrons. The number of nitrogens with zero attached hydrogens (tertiary/aromatic N) is 1. The molecule has 0 aliphatic carbocycles. The summed E-state index contributed by atoms with van der Waals surface area (Å²) in [6.45, 7) is 1.99. The summed E-state index contributed by atoms with van der Waals surface area (Å²) in [6.07, 6.45) is 2.37. The maximum absolute atomic E-state index is 13.4. The third-order valence-electron chi connectivity index (χ3n) is 2.78. The fourth-order valence-electron chi connectivity index (χ4n) is 1.59. The number of ether oxygens (including phenoxy) is 1. The van der Waals surface area contributed by atoms with E-state index in [1.54, 1.807) is 18.3 Å². The molecular weight excluding hydrogens is 347 g/mol. The van der Waals surface area contributed by atoms with Crippen LogP contribution in [0.2, 0.25) is 5.02 Å². The lowest BCUT2D eigenvalue weighted by Gasteiger charge is -2.11. The standard InChI is InChI=1S/C14H13BrClFN2O/c1-2-12(18)13-4-3-8(7-19-13)20-14-6-11(17)10(16)5-9(14)15/h3-7,12H,2,18H2,1H3. The van der Waals surface area contributed by atoms with Crippen LogP contribution in [-0.2, 0) is 0 Å². The number of hydrogen-bond donors (Lipinski definition) is 1. The van der Waals surface area contributed by atoms with Crippen molar-refractivity contribution in [2.45, 2.75) is 19.4 Å². The topological polar surface area (TPSA) is 48.1 Å². The molecule has 0 aliphatic heterocycles. The Labute approximate surface area is 130 Å². The molecule has 1 atom stereocenters. The highest BCUT2D eigenvalue weighted by Crippen LogP contribution is 2.33. The largest absolute Gasteiger partial charge is 0.454 e. The molecule has 2 N–H and O–H groups in total. The second-order valence-electron chi connectivity index (χ2n) is 4.23. The number of hydrogen-bond acceptors (Lipinski definition) is 3. The molecule has 1 aromatic heterocycles. The second kappa shape index (κ2) is 6.52. The zero-order valence-electron chi connectivity index (χ0n) is 10.7. The Morgan fingerprint density at radius 3 is 2.80 bits per heavy atom. The Bertz CT molecular complexity index is 607. The van der Waals surface area contributed by atoms with Crippen molar-refractivity contribution < 1.29 is 9.13 Å². The van der Waals surface area contributed by atoms with Crippen LogP contribution in [0.15, 0.2) is 34.9 Å². The van der Waals surface area contributed by atoms with Crippen molar-refractivity contribution in [1.29, 1.82) is 0 Å². The van der Waals surface area contributed by atoms with E-state index in [0.717, 1.165) is 12.1 Å². The van der Waals surface area contributed by atoms with E-state index < -0.39 is 5.82 Å². The summed E-state index contributed by atoms with van der Waals surface area (Å²) in [5, 5.41) is 0.0339. The lowest BCUT2D eigenvalue weighted by molar-refractivity contribution is 0.470. The van der Waals surface area contributed by atoms with Gasteiger partial charge in [-0.15, -0.1) is 0 Å². The van der Waals surface area contributed by atoms with Gasteiger partial charge in [-0.25, -0.2) is 4.39 Å². The van der Waals surface area contributed by atoms with Gasteiger partial charge in [0.2, 0.25) is 0 Å². The van der Waals surface area contributed by atoms with E-state index in [4.69, 9.17) is 22.1 Å². The summed E-state index contributed by atoms with van der Waals surface area (Å²) in [4.78, 5) is 4.23. The van der Waals surface area contributed by atoms with Crippen LogP contribution in [-0.4, -0.2) is 4.98 Å². The van der Waals surface area contributed by atoms with Crippen molar-refractivity contribution in [2.75, 3.05) is 0 Å². The Morgan fingerprint density at radius 2 is 2.20 bits per heavy atom. The summed E-state index contributed by atoms with van der Waals surface area (Å²) in [5.41, 5.74) is 6.68. The van der Waals surface area contributed by atoms with E-state index >= 15 is 0 Å². The summed E-state index contributed by atoms with van der Waals surface area (Å²) in [6, 6.07) is 6.11. The SMILES string of the molecule is CCC(N)c1ccc(Oc2cc(F)c(Cl)cc2Br)cn1. The number of pyridine rings is 1. The Hall–Kier alpha value is -1.17. The zero-order valence-corrected chi connectivity index (χ0v) is 13.1. The van der Waals surface area contributed by atoms with Crippen LogP contribution in [0.5, 0.6) is 11.5 Å². The third kappa shape index (κ3) is 3.48. The molecule has 0 bridgehead atoms. The molecule has 1 unspecified atom stereocenters. The minimum absolute atomic E-state index is 0.0339. The van der Waals surface area contributed by atoms with Crippen molar-refractivity contribution >= 4 is 27.5 Å².